The Morgan fingerprint density at radius 1 is 1.24 bits per heavy atom. The zero-order chi connectivity index (χ0) is 12.5. The van der Waals surface area contributed by atoms with Crippen LogP contribution in [0.3, 0.4) is 0 Å². The maximum Gasteiger partial charge on any atom is 0.0712 e. The summed E-state index contributed by atoms with van der Waals surface area (Å²) in [5.74, 6) is 0. The Balaban J connectivity index is 2.58. The van der Waals surface area contributed by atoms with Gasteiger partial charge in [0.2, 0.25) is 0 Å². The Hall–Kier alpha value is -1.06. The van der Waals surface area contributed by atoms with Crippen molar-refractivity contribution in [2.24, 2.45) is 0 Å². The highest BCUT2D eigenvalue weighted by molar-refractivity contribution is 5.46. The third kappa shape index (κ3) is 5.20. The van der Waals surface area contributed by atoms with E-state index >= 15 is 0 Å². The van der Waals surface area contributed by atoms with Crippen molar-refractivity contribution in [1.82, 2.24) is 0 Å². The van der Waals surface area contributed by atoms with Crippen molar-refractivity contribution >= 4 is 5.69 Å². The van der Waals surface area contributed by atoms with Gasteiger partial charge in [-0.2, -0.15) is 0 Å². The second-order valence-electron chi connectivity index (χ2n) is 4.04. The van der Waals surface area contributed by atoms with E-state index in [9.17, 15) is 5.11 Å². The van der Waals surface area contributed by atoms with Gasteiger partial charge in [0, 0.05) is 25.4 Å². The summed E-state index contributed by atoms with van der Waals surface area (Å²) in [6.45, 7) is 6.90. The molecule has 0 aromatic heterocycles. The number of benzene rings is 1. The van der Waals surface area contributed by atoms with Crippen LogP contribution in [-0.2, 0) is 4.74 Å². The van der Waals surface area contributed by atoms with E-state index in [2.05, 4.69) is 17.0 Å². The molecule has 0 spiro atoms. The van der Waals surface area contributed by atoms with Gasteiger partial charge in [0.25, 0.3) is 0 Å². The summed E-state index contributed by atoms with van der Waals surface area (Å²) in [6, 6.07) is 10.2. The predicted octanol–water partition coefficient (Wildman–Crippen LogP) is 2.30. The normalized spacial score (nSPS) is 12.4. The highest BCUT2D eigenvalue weighted by Gasteiger charge is 2.10. The molecule has 0 fully saturated rings. The number of para-hydroxylation sites is 1. The molecule has 1 rings (SSSR count). The van der Waals surface area contributed by atoms with Crippen LogP contribution in [0.5, 0.6) is 0 Å². The van der Waals surface area contributed by atoms with Gasteiger partial charge in [-0.15, -0.1) is 0 Å². The molecule has 0 amide bonds. The summed E-state index contributed by atoms with van der Waals surface area (Å²) in [5, 5.41) is 9.76. The van der Waals surface area contributed by atoms with Crippen LogP contribution < -0.4 is 4.90 Å². The summed E-state index contributed by atoms with van der Waals surface area (Å²) in [6.07, 6.45) is 0.495. The van der Waals surface area contributed by atoms with Crippen molar-refractivity contribution in [2.75, 3.05) is 31.2 Å². The van der Waals surface area contributed by atoms with Gasteiger partial charge in [0.15, 0.2) is 0 Å². The van der Waals surface area contributed by atoms with Gasteiger partial charge < -0.3 is 14.7 Å². The molecule has 1 N–H and O–H groups in total. The number of ether oxygens (including phenoxy) is 1. The molecule has 0 aliphatic carbocycles. The Kier molecular flexibility index (Phi) is 6.67. The summed E-state index contributed by atoms with van der Waals surface area (Å²) in [4.78, 5) is 2.17. The fraction of sp³-hybridized carbons (Fsp3) is 0.571. The van der Waals surface area contributed by atoms with Gasteiger partial charge in [-0.1, -0.05) is 25.1 Å². The van der Waals surface area contributed by atoms with Gasteiger partial charge in [0.1, 0.15) is 0 Å². The molecule has 3 nitrogen and oxygen atoms in total. The number of aliphatic hydroxyl groups is 1. The summed E-state index contributed by atoms with van der Waals surface area (Å²) in [7, 11) is 0. The van der Waals surface area contributed by atoms with E-state index in [0.717, 1.165) is 25.3 Å². The molecule has 0 radical (unpaired) electrons. The van der Waals surface area contributed by atoms with E-state index in [1.54, 1.807) is 0 Å². The monoisotopic (exact) mass is 237 g/mol. The molecule has 0 saturated heterocycles. The molecule has 3 heteroatoms. The zero-order valence-electron chi connectivity index (χ0n) is 10.8. The van der Waals surface area contributed by atoms with Crippen LogP contribution in [0.25, 0.3) is 0 Å². The first-order valence-corrected chi connectivity index (χ1v) is 6.33. The lowest BCUT2D eigenvalue weighted by molar-refractivity contribution is 0.145. The zero-order valence-corrected chi connectivity index (χ0v) is 10.8. The van der Waals surface area contributed by atoms with E-state index in [0.29, 0.717) is 13.2 Å². The average molecular weight is 237 g/mol. The third-order valence-corrected chi connectivity index (χ3v) is 2.73. The van der Waals surface area contributed by atoms with Crippen molar-refractivity contribution in [3.05, 3.63) is 30.3 Å². The second kappa shape index (κ2) is 8.09. The molecular formula is C14H23NO2. The first kappa shape index (κ1) is 14.0. The molecule has 96 valence electrons. The minimum atomic E-state index is -0.281. The molecule has 0 heterocycles. The van der Waals surface area contributed by atoms with Crippen LogP contribution in [0.15, 0.2) is 30.3 Å². The Labute approximate surface area is 104 Å². The van der Waals surface area contributed by atoms with E-state index in [4.69, 9.17) is 4.74 Å². The van der Waals surface area contributed by atoms with Crippen molar-refractivity contribution in [3.63, 3.8) is 0 Å². The first-order chi connectivity index (χ1) is 8.27. The van der Waals surface area contributed by atoms with Crippen molar-refractivity contribution < 1.29 is 9.84 Å². The number of nitrogens with zero attached hydrogens (tertiary/aromatic N) is 1. The van der Waals surface area contributed by atoms with Gasteiger partial charge in [-0.05, 0) is 25.5 Å². The summed E-state index contributed by atoms with van der Waals surface area (Å²) >= 11 is 0. The molecule has 1 unspecified atom stereocenters. The molecular weight excluding hydrogens is 214 g/mol. The van der Waals surface area contributed by atoms with E-state index in [1.807, 2.05) is 32.0 Å². The number of hydrogen-bond donors (Lipinski definition) is 1. The Morgan fingerprint density at radius 2 is 1.94 bits per heavy atom. The third-order valence-electron chi connectivity index (χ3n) is 2.73. The van der Waals surface area contributed by atoms with Gasteiger partial charge in [0.05, 0.1) is 12.7 Å². The van der Waals surface area contributed by atoms with E-state index in [-0.39, 0.29) is 6.10 Å². The van der Waals surface area contributed by atoms with Crippen LogP contribution in [-0.4, -0.2) is 37.5 Å². The molecule has 1 aromatic rings. The molecule has 1 atom stereocenters. The lowest BCUT2D eigenvalue weighted by Crippen LogP contribution is -2.34. The molecule has 0 saturated carbocycles. The quantitative estimate of drug-likeness (QED) is 0.704. The first-order valence-electron chi connectivity index (χ1n) is 6.33. The second-order valence-corrected chi connectivity index (χ2v) is 4.04. The molecule has 1 aromatic carbocycles. The number of aliphatic hydroxyl groups excluding tert-OH is 1. The van der Waals surface area contributed by atoms with E-state index in [1.165, 1.54) is 0 Å². The molecule has 0 bridgehead atoms. The SMILES string of the molecule is CCOCCN(CC(O)CC)c1ccccc1. The maximum atomic E-state index is 9.76. The largest absolute Gasteiger partial charge is 0.391 e. The van der Waals surface area contributed by atoms with Crippen molar-refractivity contribution in [1.29, 1.82) is 0 Å². The van der Waals surface area contributed by atoms with Crippen molar-refractivity contribution in [2.45, 2.75) is 26.4 Å². The maximum absolute atomic E-state index is 9.76. The van der Waals surface area contributed by atoms with Crippen LogP contribution >= 0.6 is 0 Å². The highest BCUT2D eigenvalue weighted by Crippen LogP contribution is 2.13. The smallest absolute Gasteiger partial charge is 0.0712 e. The van der Waals surface area contributed by atoms with Gasteiger partial charge in [-0.3, -0.25) is 0 Å². The summed E-state index contributed by atoms with van der Waals surface area (Å²) < 4.78 is 5.38. The van der Waals surface area contributed by atoms with Gasteiger partial charge >= 0.3 is 0 Å². The minimum absolute atomic E-state index is 0.281. The minimum Gasteiger partial charge on any atom is -0.391 e. The molecule has 0 aliphatic rings. The Morgan fingerprint density at radius 3 is 2.53 bits per heavy atom. The summed E-state index contributed by atoms with van der Waals surface area (Å²) in [5.41, 5.74) is 1.14. The van der Waals surface area contributed by atoms with Crippen molar-refractivity contribution in [3.8, 4) is 0 Å². The molecule has 0 aliphatic heterocycles. The fourth-order valence-corrected chi connectivity index (χ4v) is 1.67. The predicted molar refractivity (Wildman–Crippen MR) is 71.4 cm³/mol. The topological polar surface area (TPSA) is 32.7 Å². The Bertz CT molecular complexity index is 290. The van der Waals surface area contributed by atoms with Crippen LogP contribution in [0.4, 0.5) is 5.69 Å². The highest BCUT2D eigenvalue weighted by atomic mass is 16.5. The average Bonchev–Trinajstić information content (AvgIpc) is 2.38. The van der Waals surface area contributed by atoms with Crippen LogP contribution in [0.2, 0.25) is 0 Å². The standard InChI is InChI=1S/C14H23NO2/c1-3-14(16)12-15(10-11-17-4-2)13-8-6-5-7-9-13/h5-9,14,16H,3-4,10-12H2,1-2H3. The van der Waals surface area contributed by atoms with E-state index < -0.39 is 0 Å². The van der Waals surface area contributed by atoms with Crippen LogP contribution in [0.1, 0.15) is 20.3 Å². The lowest BCUT2D eigenvalue weighted by Gasteiger charge is -2.26. The van der Waals surface area contributed by atoms with Crippen LogP contribution in [0, 0.1) is 0 Å². The molecule has 17 heavy (non-hydrogen) atoms. The fourth-order valence-electron chi connectivity index (χ4n) is 1.67. The number of anilines is 1. The number of rotatable bonds is 8. The lowest BCUT2D eigenvalue weighted by atomic mass is 10.2. The van der Waals surface area contributed by atoms with Gasteiger partial charge in [-0.25, -0.2) is 0 Å². The number of hydrogen-bond acceptors (Lipinski definition) is 3.